The molecule has 1 aromatic rings. The highest BCUT2D eigenvalue weighted by Gasteiger charge is 2.64. The minimum absolute atomic E-state index is 0.0444. The van der Waals surface area contributed by atoms with Crippen molar-refractivity contribution in [1.29, 1.82) is 0 Å². The Hall–Kier alpha value is -0.860. The van der Waals surface area contributed by atoms with E-state index in [0.717, 1.165) is 12.8 Å². The minimum atomic E-state index is -0.266. The van der Waals surface area contributed by atoms with Gasteiger partial charge in [-0.1, -0.05) is 45.0 Å². The van der Waals surface area contributed by atoms with E-state index in [0.29, 0.717) is 0 Å². The van der Waals surface area contributed by atoms with Crippen molar-refractivity contribution in [1.82, 2.24) is 0 Å². The smallest absolute Gasteiger partial charge is 0.122 e. The molecule has 1 aromatic carbocycles. The standard InChI is InChI=1S/C15H20O2/c1-14(2,3)10-4-6-11(7-5-10)15-9-8-12(16)13(15)17-15/h4-7,12-13,16H,8-9H2,1-3H3. The fourth-order valence-electron chi connectivity index (χ4n) is 2.93. The lowest BCUT2D eigenvalue weighted by atomic mass is 9.85. The van der Waals surface area contributed by atoms with Crippen LogP contribution >= 0.6 is 0 Å². The van der Waals surface area contributed by atoms with E-state index in [1.54, 1.807) is 0 Å². The fraction of sp³-hybridized carbons (Fsp3) is 0.600. The predicted molar refractivity (Wildman–Crippen MR) is 66.9 cm³/mol. The summed E-state index contributed by atoms with van der Waals surface area (Å²) in [6.07, 6.45) is 1.60. The zero-order chi connectivity index (χ0) is 12.3. The average Bonchev–Trinajstić information content (AvgIpc) is 2.94. The minimum Gasteiger partial charge on any atom is -0.390 e. The van der Waals surface area contributed by atoms with Crippen LogP contribution in [0, 0.1) is 0 Å². The Morgan fingerprint density at radius 2 is 1.88 bits per heavy atom. The highest BCUT2D eigenvalue weighted by molar-refractivity contribution is 5.36. The Morgan fingerprint density at radius 1 is 1.24 bits per heavy atom. The molecule has 1 aliphatic heterocycles. The average molecular weight is 232 g/mol. The van der Waals surface area contributed by atoms with Crippen molar-refractivity contribution in [2.24, 2.45) is 0 Å². The number of epoxide rings is 1. The van der Waals surface area contributed by atoms with Gasteiger partial charge in [-0.05, 0) is 29.4 Å². The number of aliphatic hydroxyl groups excluding tert-OH is 1. The lowest BCUT2D eigenvalue weighted by molar-refractivity contribution is 0.111. The van der Waals surface area contributed by atoms with Gasteiger partial charge in [-0.15, -0.1) is 0 Å². The van der Waals surface area contributed by atoms with Crippen LogP contribution in [0.2, 0.25) is 0 Å². The second-order valence-corrected chi connectivity index (χ2v) is 6.36. The maximum atomic E-state index is 9.72. The van der Waals surface area contributed by atoms with Gasteiger partial charge < -0.3 is 9.84 Å². The van der Waals surface area contributed by atoms with E-state index in [-0.39, 0.29) is 23.2 Å². The van der Waals surface area contributed by atoms with Gasteiger partial charge in [0, 0.05) is 0 Å². The molecular weight excluding hydrogens is 212 g/mol. The molecule has 0 bridgehead atoms. The number of hydrogen-bond donors (Lipinski definition) is 1. The normalized spacial score (nSPS) is 35.8. The molecule has 1 heterocycles. The summed E-state index contributed by atoms with van der Waals surface area (Å²) in [7, 11) is 0. The molecule has 17 heavy (non-hydrogen) atoms. The molecule has 1 aliphatic carbocycles. The molecular formula is C15H20O2. The maximum absolute atomic E-state index is 9.72. The number of fused-ring (bicyclic) bond motifs is 1. The molecule has 2 heteroatoms. The van der Waals surface area contributed by atoms with Gasteiger partial charge in [-0.25, -0.2) is 0 Å². The van der Waals surface area contributed by atoms with Gasteiger partial charge in [0.1, 0.15) is 11.7 Å². The molecule has 3 atom stereocenters. The van der Waals surface area contributed by atoms with E-state index >= 15 is 0 Å². The van der Waals surface area contributed by atoms with Crippen molar-refractivity contribution in [3.63, 3.8) is 0 Å². The van der Waals surface area contributed by atoms with E-state index in [2.05, 4.69) is 45.0 Å². The molecule has 3 unspecified atom stereocenters. The van der Waals surface area contributed by atoms with Crippen molar-refractivity contribution in [2.75, 3.05) is 0 Å². The van der Waals surface area contributed by atoms with Crippen LogP contribution in [0.5, 0.6) is 0 Å². The molecule has 0 spiro atoms. The highest BCUT2D eigenvalue weighted by Crippen LogP contribution is 2.57. The summed E-state index contributed by atoms with van der Waals surface area (Å²) in [5.74, 6) is 0. The molecule has 3 rings (SSSR count). The molecule has 1 saturated carbocycles. The third-order valence-corrected chi connectivity index (χ3v) is 4.14. The highest BCUT2D eigenvalue weighted by atomic mass is 16.6. The van der Waals surface area contributed by atoms with Gasteiger partial charge in [0.05, 0.1) is 6.10 Å². The van der Waals surface area contributed by atoms with Gasteiger partial charge in [0.2, 0.25) is 0 Å². The van der Waals surface area contributed by atoms with Crippen LogP contribution in [-0.2, 0) is 15.8 Å². The third-order valence-electron chi connectivity index (χ3n) is 4.14. The number of aliphatic hydroxyl groups is 1. The Bertz CT molecular complexity index is 429. The van der Waals surface area contributed by atoms with Gasteiger partial charge in [-0.2, -0.15) is 0 Å². The summed E-state index contributed by atoms with van der Waals surface area (Å²) in [5.41, 5.74) is 2.60. The zero-order valence-electron chi connectivity index (χ0n) is 10.7. The largest absolute Gasteiger partial charge is 0.390 e. The molecule has 2 aliphatic rings. The molecule has 0 radical (unpaired) electrons. The van der Waals surface area contributed by atoms with Crippen LogP contribution in [0.15, 0.2) is 24.3 Å². The Morgan fingerprint density at radius 3 is 2.29 bits per heavy atom. The maximum Gasteiger partial charge on any atom is 0.122 e. The Kier molecular flexibility index (Phi) is 2.20. The molecule has 1 N–H and O–H groups in total. The predicted octanol–water partition coefficient (Wildman–Crippen LogP) is 2.73. The van der Waals surface area contributed by atoms with Gasteiger partial charge in [0.15, 0.2) is 0 Å². The fourth-order valence-corrected chi connectivity index (χ4v) is 2.93. The molecule has 92 valence electrons. The van der Waals surface area contributed by atoms with Crippen molar-refractivity contribution < 1.29 is 9.84 Å². The molecule has 2 nitrogen and oxygen atoms in total. The second kappa shape index (κ2) is 3.33. The Balaban J connectivity index is 1.87. The first-order valence-corrected chi connectivity index (χ1v) is 6.40. The van der Waals surface area contributed by atoms with E-state index in [1.165, 1.54) is 11.1 Å². The van der Waals surface area contributed by atoms with Gasteiger partial charge >= 0.3 is 0 Å². The quantitative estimate of drug-likeness (QED) is 0.755. The monoisotopic (exact) mass is 232 g/mol. The SMILES string of the molecule is CC(C)(C)c1ccc(C23CCC(O)C2O3)cc1. The van der Waals surface area contributed by atoms with Crippen molar-refractivity contribution in [3.8, 4) is 0 Å². The molecule has 2 fully saturated rings. The first-order chi connectivity index (χ1) is 7.93. The van der Waals surface area contributed by atoms with Crippen molar-refractivity contribution in [2.45, 2.75) is 56.8 Å². The summed E-state index contributed by atoms with van der Waals surface area (Å²) in [6.45, 7) is 6.65. The van der Waals surface area contributed by atoms with Crippen molar-refractivity contribution in [3.05, 3.63) is 35.4 Å². The Labute approximate surface area is 103 Å². The molecule has 1 saturated heterocycles. The summed E-state index contributed by atoms with van der Waals surface area (Å²) in [5, 5.41) is 9.72. The summed E-state index contributed by atoms with van der Waals surface area (Å²) < 4.78 is 5.71. The topological polar surface area (TPSA) is 32.8 Å². The molecule has 0 amide bonds. The lowest BCUT2D eigenvalue weighted by Crippen LogP contribution is -2.13. The van der Waals surface area contributed by atoms with E-state index in [9.17, 15) is 5.11 Å². The summed E-state index contributed by atoms with van der Waals surface area (Å²) >= 11 is 0. The zero-order valence-corrected chi connectivity index (χ0v) is 10.7. The van der Waals surface area contributed by atoms with Crippen LogP contribution < -0.4 is 0 Å². The summed E-state index contributed by atoms with van der Waals surface area (Å²) in [6, 6.07) is 8.71. The van der Waals surface area contributed by atoms with Crippen LogP contribution in [0.1, 0.15) is 44.7 Å². The first-order valence-electron chi connectivity index (χ1n) is 6.40. The van der Waals surface area contributed by atoms with Gasteiger partial charge in [-0.3, -0.25) is 0 Å². The van der Waals surface area contributed by atoms with Crippen LogP contribution in [-0.4, -0.2) is 17.3 Å². The molecule has 0 aromatic heterocycles. The third kappa shape index (κ3) is 1.62. The van der Waals surface area contributed by atoms with E-state index in [4.69, 9.17) is 4.74 Å². The lowest BCUT2D eigenvalue weighted by Gasteiger charge is -2.20. The van der Waals surface area contributed by atoms with Crippen LogP contribution in [0.4, 0.5) is 0 Å². The van der Waals surface area contributed by atoms with E-state index < -0.39 is 0 Å². The second-order valence-electron chi connectivity index (χ2n) is 6.36. The summed E-state index contributed by atoms with van der Waals surface area (Å²) in [4.78, 5) is 0. The van der Waals surface area contributed by atoms with E-state index in [1.807, 2.05) is 0 Å². The van der Waals surface area contributed by atoms with Crippen LogP contribution in [0.3, 0.4) is 0 Å². The number of rotatable bonds is 1. The van der Waals surface area contributed by atoms with Crippen LogP contribution in [0.25, 0.3) is 0 Å². The van der Waals surface area contributed by atoms with Gasteiger partial charge in [0.25, 0.3) is 0 Å². The first kappa shape index (κ1) is 11.2. The number of hydrogen-bond acceptors (Lipinski definition) is 2. The number of ether oxygens (including phenoxy) is 1. The van der Waals surface area contributed by atoms with Crippen molar-refractivity contribution >= 4 is 0 Å². The number of benzene rings is 1.